The summed E-state index contributed by atoms with van der Waals surface area (Å²) in [6.45, 7) is 16.3. The number of aliphatic carboxylic acids is 1. The number of allylic oxidation sites excluding steroid dienone is 3. The van der Waals surface area contributed by atoms with Crippen LogP contribution in [0, 0.1) is 50.2 Å². The van der Waals surface area contributed by atoms with Gasteiger partial charge in [-0.15, -0.1) is 0 Å². The Labute approximate surface area is 313 Å². The highest BCUT2D eigenvalue weighted by molar-refractivity contribution is 5.87. The molecule has 0 spiro atoms. The molecule has 5 fully saturated rings. The topological polar surface area (TPSA) is 203 Å². The largest absolute Gasteiger partial charge is 0.479 e. The lowest BCUT2D eigenvalue weighted by Crippen LogP contribution is -2.70. The molecule has 1 heterocycles. The van der Waals surface area contributed by atoms with E-state index in [2.05, 4.69) is 40.7 Å². The molecule has 0 unspecified atom stereocenters. The van der Waals surface area contributed by atoms with Crippen LogP contribution in [0.3, 0.4) is 0 Å². The van der Waals surface area contributed by atoms with Crippen LogP contribution in [0.15, 0.2) is 23.3 Å². The van der Waals surface area contributed by atoms with E-state index in [1.165, 1.54) is 5.57 Å². The van der Waals surface area contributed by atoms with Gasteiger partial charge in [0.05, 0.1) is 30.8 Å². The maximum Gasteiger partial charge on any atom is 0.335 e. The lowest BCUT2D eigenvalue weighted by atomic mass is 9.33. The predicted molar refractivity (Wildman–Crippen MR) is 193 cm³/mol. The number of carbonyl (C=O) groups excluding carboxylic acids is 1. The van der Waals surface area contributed by atoms with E-state index in [-0.39, 0.29) is 47.2 Å². The minimum Gasteiger partial charge on any atom is -0.479 e. The molecule has 12 nitrogen and oxygen atoms in total. The SMILES string of the molecule is C/C=C(\C)C(=O)O[C@H]1CC(C)(C)C[C@H]2C3=CC[C@@H]4[C@@]5(C)CC[C@H](O[C@@H]6O[C@H](C(=O)O)[C@@H](O)[C@H](O)[C@H]6O)[C@@](C)(CO)[C@@H]5CC[C@@]4(C)[C@]3(C)C[C@H](O)[C@@]12CO. The minimum absolute atomic E-state index is 0.0285. The van der Waals surface area contributed by atoms with E-state index >= 15 is 0 Å². The van der Waals surface area contributed by atoms with Gasteiger partial charge >= 0.3 is 11.9 Å². The van der Waals surface area contributed by atoms with Crippen molar-refractivity contribution in [2.24, 2.45) is 50.2 Å². The summed E-state index contributed by atoms with van der Waals surface area (Å²) >= 11 is 0. The normalized spacial score (nSPS) is 50.8. The average Bonchev–Trinajstić information content (AvgIpc) is 3.08. The Balaban J connectivity index is 1.33. The molecule has 0 aromatic carbocycles. The molecule has 12 heteroatoms. The molecule has 300 valence electrons. The zero-order valence-electron chi connectivity index (χ0n) is 32.7. The number of hydrogen-bond donors (Lipinski definition) is 7. The van der Waals surface area contributed by atoms with Crippen molar-refractivity contribution < 1.29 is 59.5 Å². The van der Waals surface area contributed by atoms with Crippen molar-refractivity contribution in [3.05, 3.63) is 23.3 Å². The van der Waals surface area contributed by atoms with Crippen LogP contribution < -0.4 is 0 Å². The van der Waals surface area contributed by atoms with Gasteiger partial charge in [0.1, 0.15) is 24.4 Å². The minimum atomic E-state index is -1.83. The fraction of sp³-hybridized carbons (Fsp3) is 0.854. The maximum atomic E-state index is 13.2. The van der Waals surface area contributed by atoms with Crippen LogP contribution in [-0.4, -0.2) is 110 Å². The molecule has 1 saturated heterocycles. The first-order valence-electron chi connectivity index (χ1n) is 19.6. The van der Waals surface area contributed by atoms with Crippen LogP contribution in [0.2, 0.25) is 0 Å². The Morgan fingerprint density at radius 3 is 2.17 bits per heavy atom. The zero-order chi connectivity index (χ0) is 39.3. The number of aliphatic hydroxyl groups excluding tert-OH is 6. The van der Waals surface area contributed by atoms with Crippen LogP contribution in [0.4, 0.5) is 0 Å². The van der Waals surface area contributed by atoms with Gasteiger partial charge in [-0.3, -0.25) is 0 Å². The molecular weight excluding hydrogens is 684 g/mol. The maximum absolute atomic E-state index is 13.2. The predicted octanol–water partition coefficient (Wildman–Crippen LogP) is 3.49. The number of rotatable bonds is 7. The average molecular weight is 749 g/mol. The van der Waals surface area contributed by atoms with E-state index in [9.17, 15) is 45.3 Å². The zero-order valence-corrected chi connectivity index (χ0v) is 32.7. The summed E-state index contributed by atoms with van der Waals surface area (Å²) in [5.41, 5.74) is -1.29. The second kappa shape index (κ2) is 13.6. The number of carbonyl (C=O) groups is 2. The lowest BCUT2D eigenvalue weighted by molar-refractivity contribution is -0.327. The van der Waals surface area contributed by atoms with Gasteiger partial charge in [-0.2, -0.15) is 0 Å². The van der Waals surface area contributed by atoms with E-state index in [0.717, 1.165) is 32.1 Å². The van der Waals surface area contributed by atoms with Crippen LogP contribution >= 0.6 is 0 Å². The van der Waals surface area contributed by atoms with Gasteiger partial charge in [0.2, 0.25) is 0 Å². The Bertz CT molecular complexity index is 1510. The lowest BCUT2D eigenvalue weighted by Gasteiger charge is -2.72. The first-order valence-corrected chi connectivity index (χ1v) is 19.6. The second-order valence-electron chi connectivity index (χ2n) is 19.3. The van der Waals surface area contributed by atoms with Gasteiger partial charge in [-0.05, 0) is 105 Å². The number of carboxylic acid groups (broad SMARTS) is 1. The van der Waals surface area contributed by atoms with Gasteiger partial charge in [0.25, 0.3) is 0 Å². The van der Waals surface area contributed by atoms with E-state index < -0.39 is 77.2 Å². The summed E-state index contributed by atoms with van der Waals surface area (Å²) in [5, 5.41) is 75.8. The molecule has 6 rings (SSSR count). The molecular formula is C41H64O12. The third-order valence-electron chi connectivity index (χ3n) is 16.3. The first-order chi connectivity index (χ1) is 24.6. The smallest absolute Gasteiger partial charge is 0.335 e. The monoisotopic (exact) mass is 748 g/mol. The number of esters is 1. The van der Waals surface area contributed by atoms with Crippen molar-refractivity contribution in [2.45, 2.75) is 156 Å². The Hall–Kier alpha value is -1.90. The Kier molecular flexibility index (Phi) is 10.5. The summed E-state index contributed by atoms with van der Waals surface area (Å²) in [7, 11) is 0. The van der Waals surface area contributed by atoms with Gasteiger partial charge in [-0.25, -0.2) is 9.59 Å². The Morgan fingerprint density at radius 1 is 0.887 bits per heavy atom. The summed E-state index contributed by atoms with van der Waals surface area (Å²) < 4.78 is 18.0. The highest BCUT2D eigenvalue weighted by Gasteiger charge is 2.72. The molecule has 0 aromatic rings. The summed E-state index contributed by atoms with van der Waals surface area (Å²) in [6.07, 6.45) is -1.50. The molecule has 1 aliphatic heterocycles. The van der Waals surface area contributed by atoms with E-state index in [0.29, 0.717) is 24.8 Å². The molecule has 0 radical (unpaired) electrons. The molecule has 5 aliphatic carbocycles. The first kappa shape index (κ1) is 40.8. The summed E-state index contributed by atoms with van der Waals surface area (Å²) in [5.74, 6) is -1.97. The molecule has 0 bridgehead atoms. The fourth-order valence-corrected chi connectivity index (χ4v) is 12.9. The molecule has 4 saturated carbocycles. The van der Waals surface area contributed by atoms with Crippen molar-refractivity contribution in [3.63, 3.8) is 0 Å². The molecule has 0 aromatic heterocycles. The number of hydrogen-bond acceptors (Lipinski definition) is 11. The van der Waals surface area contributed by atoms with Crippen LogP contribution in [-0.2, 0) is 23.8 Å². The van der Waals surface area contributed by atoms with E-state index in [1.807, 2.05) is 6.92 Å². The van der Waals surface area contributed by atoms with Crippen LogP contribution in [0.5, 0.6) is 0 Å². The van der Waals surface area contributed by atoms with Gasteiger partial charge < -0.3 is 50.0 Å². The van der Waals surface area contributed by atoms with Crippen molar-refractivity contribution in [1.82, 2.24) is 0 Å². The van der Waals surface area contributed by atoms with Crippen molar-refractivity contribution >= 4 is 11.9 Å². The second-order valence-corrected chi connectivity index (χ2v) is 19.3. The number of ether oxygens (including phenoxy) is 3. The van der Waals surface area contributed by atoms with Gasteiger partial charge in [-0.1, -0.05) is 59.3 Å². The standard InChI is InChI=1S/C41H64O12/c1-9-21(2)34(50)51-28-18-36(3,4)16-23-22-10-11-25-37(5)14-13-27(52-35-31(47)29(45)30(46)32(53-35)33(48)49)38(6,19-42)24(37)12-15-39(25,7)40(22,8)17-26(44)41(23,28)20-43/h9-10,23-32,35,42-47H,11-20H2,1-8H3,(H,48,49)/b21-9+/t23-,24+,25+,26-,27-,28-,29-,30-,31+,32-,35+,37-,38-,39+,40+,41-/m0/s1. The number of fused-ring (bicyclic) bond motifs is 7. The van der Waals surface area contributed by atoms with Crippen LogP contribution in [0.25, 0.3) is 0 Å². The summed E-state index contributed by atoms with van der Waals surface area (Å²) in [6, 6.07) is 0. The molecule has 6 aliphatic rings. The van der Waals surface area contributed by atoms with Gasteiger partial charge in [0.15, 0.2) is 12.4 Å². The third kappa shape index (κ3) is 5.82. The highest BCUT2D eigenvalue weighted by Crippen LogP contribution is 2.76. The molecule has 7 N–H and O–H groups in total. The van der Waals surface area contributed by atoms with Crippen molar-refractivity contribution in [3.8, 4) is 0 Å². The quantitative estimate of drug-likeness (QED) is 0.0866. The third-order valence-corrected chi connectivity index (χ3v) is 16.3. The molecule has 53 heavy (non-hydrogen) atoms. The molecule has 16 atom stereocenters. The summed E-state index contributed by atoms with van der Waals surface area (Å²) in [4.78, 5) is 25.0. The van der Waals surface area contributed by atoms with Gasteiger partial charge in [0, 0.05) is 11.0 Å². The molecule has 0 amide bonds. The van der Waals surface area contributed by atoms with Crippen LogP contribution in [0.1, 0.15) is 107 Å². The van der Waals surface area contributed by atoms with Crippen molar-refractivity contribution in [1.29, 1.82) is 0 Å². The van der Waals surface area contributed by atoms with E-state index in [4.69, 9.17) is 14.2 Å². The fourth-order valence-electron chi connectivity index (χ4n) is 12.9. The van der Waals surface area contributed by atoms with E-state index in [1.54, 1.807) is 19.9 Å². The number of carboxylic acids is 1. The van der Waals surface area contributed by atoms with Crippen molar-refractivity contribution in [2.75, 3.05) is 13.2 Å². The highest BCUT2D eigenvalue weighted by atomic mass is 16.7. The Morgan fingerprint density at radius 2 is 1.57 bits per heavy atom. The number of aliphatic hydroxyl groups is 6.